The molecule has 1 aromatic carbocycles. The van der Waals surface area contributed by atoms with Gasteiger partial charge in [-0.05, 0) is 32.1 Å². The maximum Gasteiger partial charge on any atom is 0.114 e. The minimum absolute atomic E-state index is 0.670. The molecule has 0 aromatic heterocycles. The lowest BCUT2D eigenvalue weighted by atomic mass is 9.95. The van der Waals surface area contributed by atoms with E-state index < -0.39 is 0 Å². The zero-order chi connectivity index (χ0) is 24.0. The third-order valence-corrected chi connectivity index (χ3v) is 7.81. The Kier molecular flexibility index (Phi) is 18.8. The smallest absolute Gasteiger partial charge is 0.114 e. The topological polar surface area (TPSA) is 0 Å². The van der Waals surface area contributed by atoms with Gasteiger partial charge in [0, 0.05) is 12.0 Å². The van der Waals surface area contributed by atoms with Gasteiger partial charge in [0.05, 0.1) is 20.1 Å². The van der Waals surface area contributed by atoms with Crippen LogP contribution in [0, 0.1) is 0 Å². The van der Waals surface area contributed by atoms with Gasteiger partial charge in [0.1, 0.15) is 6.04 Å². The van der Waals surface area contributed by atoms with Crippen LogP contribution in [0.25, 0.3) is 0 Å². The molecule has 1 nitrogen and oxygen atoms in total. The zero-order valence-corrected chi connectivity index (χ0v) is 23.3. The van der Waals surface area contributed by atoms with Crippen LogP contribution >= 0.6 is 0 Å². The lowest BCUT2D eigenvalue weighted by Gasteiger charge is -2.43. The van der Waals surface area contributed by atoms with Gasteiger partial charge >= 0.3 is 0 Å². The number of hydrogen-bond donors (Lipinski definition) is 0. The normalized spacial score (nSPS) is 12.8. The average molecular weight is 459 g/mol. The molecule has 1 atom stereocenters. The minimum Gasteiger partial charge on any atom is -0.320 e. The first-order chi connectivity index (χ1) is 16.2. The SMILES string of the molecule is CCCCCCCCC(c1ccccc1)[N+](C)(CCCCCCCC)CCCCCCCC. The molecule has 0 spiro atoms. The molecule has 0 amide bonds. The highest BCUT2D eigenvalue weighted by atomic mass is 15.4. The van der Waals surface area contributed by atoms with Crippen molar-refractivity contribution in [2.24, 2.45) is 0 Å². The Morgan fingerprint density at radius 3 is 1.36 bits per heavy atom. The van der Waals surface area contributed by atoms with Gasteiger partial charge < -0.3 is 4.48 Å². The summed E-state index contributed by atoms with van der Waals surface area (Å²) in [7, 11) is 2.60. The van der Waals surface area contributed by atoms with Crippen LogP contribution in [0.3, 0.4) is 0 Å². The molecule has 0 aliphatic carbocycles. The summed E-state index contributed by atoms with van der Waals surface area (Å²) in [5.74, 6) is 0. The molecule has 1 heteroatoms. The largest absolute Gasteiger partial charge is 0.320 e. The third kappa shape index (κ3) is 14.2. The number of unbranched alkanes of at least 4 members (excludes halogenated alkanes) is 15. The van der Waals surface area contributed by atoms with Gasteiger partial charge in [0.25, 0.3) is 0 Å². The van der Waals surface area contributed by atoms with E-state index in [0.29, 0.717) is 6.04 Å². The van der Waals surface area contributed by atoms with E-state index in [9.17, 15) is 0 Å². The molecule has 0 aliphatic heterocycles. The molecule has 1 unspecified atom stereocenters. The lowest BCUT2D eigenvalue weighted by Crippen LogP contribution is -2.48. The van der Waals surface area contributed by atoms with Crippen LogP contribution in [0.1, 0.15) is 154 Å². The minimum atomic E-state index is 0.670. The van der Waals surface area contributed by atoms with Crippen molar-refractivity contribution in [2.45, 2.75) is 149 Å². The Morgan fingerprint density at radius 1 is 0.515 bits per heavy atom. The van der Waals surface area contributed by atoms with Crippen molar-refractivity contribution in [3.63, 3.8) is 0 Å². The number of nitrogens with zero attached hydrogens (tertiary/aromatic N) is 1. The van der Waals surface area contributed by atoms with Crippen LogP contribution in [0.4, 0.5) is 0 Å². The summed E-state index contributed by atoms with van der Waals surface area (Å²) in [4.78, 5) is 0. The van der Waals surface area contributed by atoms with Crippen LogP contribution in [0.5, 0.6) is 0 Å². The Balaban J connectivity index is 2.77. The Labute approximate surface area is 209 Å². The van der Waals surface area contributed by atoms with Gasteiger partial charge in [-0.15, -0.1) is 0 Å². The summed E-state index contributed by atoms with van der Waals surface area (Å²) >= 11 is 0. The first kappa shape index (κ1) is 30.2. The first-order valence-corrected chi connectivity index (χ1v) is 15.1. The molecule has 1 rings (SSSR count). The predicted molar refractivity (Wildman–Crippen MR) is 150 cm³/mol. The molecule has 0 saturated carbocycles. The first-order valence-electron chi connectivity index (χ1n) is 15.1. The molecule has 0 saturated heterocycles. The van der Waals surface area contributed by atoms with E-state index in [4.69, 9.17) is 0 Å². The van der Waals surface area contributed by atoms with Crippen LogP contribution in [0.2, 0.25) is 0 Å². The summed E-state index contributed by atoms with van der Waals surface area (Å²) in [6.45, 7) is 9.67. The molecule has 192 valence electrons. The molecular weight excluding hydrogens is 398 g/mol. The molecule has 1 aromatic rings. The fourth-order valence-corrected chi connectivity index (χ4v) is 5.56. The second-order valence-electron chi connectivity index (χ2n) is 10.9. The maximum absolute atomic E-state index is 2.60. The van der Waals surface area contributed by atoms with E-state index in [2.05, 4.69) is 58.2 Å². The van der Waals surface area contributed by atoms with Crippen LogP contribution in [0.15, 0.2) is 30.3 Å². The van der Waals surface area contributed by atoms with E-state index in [1.54, 1.807) is 5.56 Å². The van der Waals surface area contributed by atoms with Gasteiger partial charge in [0.15, 0.2) is 0 Å². The van der Waals surface area contributed by atoms with Gasteiger partial charge in [0.2, 0.25) is 0 Å². The summed E-state index contributed by atoms with van der Waals surface area (Å²) in [6.07, 6.45) is 26.6. The van der Waals surface area contributed by atoms with Gasteiger partial charge in [-0.1, -0.05) is 135 Å². The predicted octanol–water partition coefficient (Wildman–Crippen LogP) is 10.6. The third-order valence-electron chi connectivity index (χ3n) is 7.81. The van der Waals surface area contributed by atoms with Crippen molar-refractivity contribution in [1.29, 1.82) is 0 Å². The van der Waals surface area contributed by atoms with E-state index >= 15 is 0 Å². The highest BCUT2D eigenvalue weighted by Crippen LogP contribution is 2.34. The molecule has 0 fully saturated rings. The average Bonchev–Trinajstić information content (AvgIpc) is 2.83. The highest BCUT2D eigenvalue weighted by molar-refractivity contribution is 5.17. The van der Waals surface area contributed by atoms with Crippen molar-refractivity contribution in [3.05, 3.63) is 35.9 Å². The fraction of sp³-hybridized carbons (Fsp3) is 0.812. The summed E-state index contributed by atoms with van der Waals surface area (Å²) in [5.41, 5.74) is 1.59. The molecule has 0 heterocycles. The fourth-order valence-electron chi connectivity index (χ4n) is 5.56. The van der Waals surface area contributed by atoms with Crippen molar-refractivity contribution < 1.29 is 4.48 Å². The van der Waals surface area contributed by atoms with Crippen LogP contribution < -0.4 is 0 Å². The highest BCUT2D eigenvalue weighted by Gasteiger charge is 2.32. The van der Waals surface area contributed by atoms with Crippen LogP contribution in [-0.4, -0.2) is 24.6 Å². The Morgan fingerprint density at radius 2 is 0.909 bits per heavy atom. The summed E-state index contributed by atoms with van der Waals surface area (Å²) in [6, 6.07) is 12.2. The van der Waals surface area contributed by atoms with Crippen molar-refractivity contribution in [1.82, 2.24) is 0 Å². The Bertz CT molecular complexity index is 507. The molecule has 0 radical (unpaired) electrons. The van der Waals surface area contributed by atoms with Crippen molar-refractivity contribution in [3.8, 4) is 0 Å². The van der Waals surface area contributed by atoms with Crippen molar-refractivity contribution >= 4 is 0 Å². The van der Waals surface area contributed by atoms with Gasteiger partial charge in [-0.3, -0.25) is 0 Å². The van der Waals surface area contributed by atoms with Crippen molar-refractivity contribution in [2.75, 3.05) is 20.1 Å². The Hall–Kier alpha value is -0.820. The van der Waals surface area contributed by atoms with E-state index in [-0.39, 0.29) is 0 Å². The quantitative estimate of drug-likeness (QED) is 0.113. The molecule has 0 N–H and O–H groups in total. The monoisotopic (exact) mass is 458 g/mol. The van der Waals surface area contributed by atoms with E-state index in [1.165, 1.54) is 140 Å². The number of rotatable bonds is 23. The van der Waals surface area contributed by atoms with E-state index in [0.717, 1.165) is 0 Å². The molecular formula is C32H60N+. The second-order valence-corrected chi connectivity index (χ2v) is 10.9. The van der Waals surface area contributed by atoms with Gasteiger partial charge in [-0.2, -0.15) is 0 Å². The molecule has 33 heavy (non-hydrogen) atoms. The van der Waals surface area contributed by atoms with Gasteiger partial charge in [-0.25, -0.2) is 0 Å². The second kappa shape index (κ2) is 20.5. The summed E-state index contributed by atoms with van der Waals surface area (Å²) in [5, 5.41) is 0. The standard InChI is InChI=1S/C32H60N/c1-5-8-11-14-17-23-28-32(31-26-21-20-22-27-31)33(4,29-24-18-15-12-9-6-2)30-25-19-16-13-10-7-3/h20-22,26-27,32H,5-19,23-25,28-30H2,1-4H3/q+1. The van der Waals surface area contributed by atoms with E-state index in [1.807, 2.05) is 0 Å². The number of quaternary nitrogens is 1. The lowest BCUT2D eigenvalue weighted by molar-refractivity contribution is -0.940. The molecule has 0 bridgehead atoms. The molecule has 0 aliphatic rings. The maximum atomic E-state index is 2.60. The number of hydrogen-bond acceptors (Lipinski definition) is 0. The zero-order valence-electron chi connectivity index (χ0n) is 23.3. The number of benzene rings is 1. The summed E-state index contributed by atoms with van der Waals surface area (Å²) < 4.78 is 1.26. The van der Waals surface area contributed by atoms with Crippen LogP contribution in [-0.2, 0) is 0 Å².